The Bertz CT molecular complexity index is 863. The zero-order valence-corrected chi connectivity index (χ0v) is 14.5. The smallest absolute Gasteiger partial charge is 0.178 e. The molecule has 2 rings (SSSR count). The van der Waals surface area contributed by atoms with Crippen LogP contribution in [-0.4, -0.2) is 30.2 Å². The molecule has 0 unspecified atom stereocenters. The first-order valence-corrected chi connectivity index (χ1v) is 7.84. The number of ether oxygens (including phenoxy) is 2. The molecule has 0 atom stereocenters. The number of carbonyl (C=O) groups excluding carboxylic acids is 1. The van der Waals surface area contributed by atoms with Gasteiger partial charge in [-0.15, -0.1) is 0 Å². The van der Waals surface area contributed by atoms with Crippen LogP contribution in [0.25, 0.3) is 12.2 Å². The van der Waals surface area contributed by atoms with Crippen molar-refractivity contribution in [2.45, 2.75) is 0 Å². The van der Waals surface area contributed by atoms with E-state index in [0.29, 0.717) is 11.5 Å². The van der Waals surface area contributed by atoms with Crippen molar-refractivity contribution in [2.75, 3.05) is 14.2 Å². The molecule has 0 amide bonds. The molecule has 0 radical (unpaired) electrons. The molecule has 0 fully saturated rings. The second-order valence-electron chi connectivity index (χ2n) is 5.32. The van der Waals surface area contributed by atoms with E-state index in [0.717, 1.165) is 11.1 Å². The molecular formula is C21H20O5. The molecule has 0 saturated heterocycles. The summed E-state index contributed by atoms with van der Waals surface area (Å²) >= 11 is 0. The van der Waals surface area contributed by atoms with Crippen LogP contribution in [0.1, 0.15) is 11.1 Å². The van der Waals surface area contributed by atoms with E-state index in [1.807, 2.05) is 0 Å². The lowest BCUT2D eigenvalue weighted by molar-refractivity contribution is -0.110. The lowest BCUT2D eigenvalue weighted by atomic mass is 10.1. The van der Waals surface area contributed by atoms with E-state index in [1.54, 1.807) is 54.6 Å². The average molecular weight is 352 g/mol. The largest absolute Gasteiger partial charge is 0.504 e. The fourth-order valence-electron chi connectivity index (χ4n) is 2.15. The van der Waals surface area contributed by atoms with E-state index >= 15 is 0 Å². The summed E-state index contributed by atoms with van der Waals surface area (Å²) < 4.78 is 10.1. The molecule has 134 valence electrons. The van der Waals surface area contributed by atoms with Crippen molar-refractivity contribution < 1.29 is 24.5 Å². The summed E-state index contributed by atoms with van der Waals surface area (Å²) in [6, 6.07) is 9.81. The Morgan fingerprint density at radius 3 is 1.88 bits per heavy atom. The van der Waals surface area contributed by atoms with E-state index in [-0.39, 0.29) is 17.3 Å². The SMILES string of the molecule is COc1cc(/C=C/C=C/C(=O)/C=C/c2ccc(O)c(OC)c2)ccc1O. The van der Waals surface area contributed by atoms with Gasteiger partial charge < -0.3 is 19.7 Å². The summed E-state index contributed by atoms with van der Waals surface area (Å²) in [5.74, 6) is 0.685. The fraction of sp³-hybridized carbons (Fsp3) is 0.0952. The fourth-order valence-corrected chi connectivity index (χ4v) is 2.15. The third-order valence-corrected chi connectivity index (χ3v) is 3.51. The minimum atomic E-state index is -0.176. The highest BCUT2D eigenvalue weighted by molar-refractivity contribution is 6.02. The summed E-state index contributed by atoms with van der Waals surface area (Å²) in [6.45, 7) is 0. The van der Waals surface area contributed by atoms with Crippen molar-refractivity contribution in [1.82, 2.24) is 0 Å². The van der Waals surface area contributed by atoms with Crippen LogP contribution in [0.5, 0.6) is 23.0 Å². The van der Waals surface area contributed by atoms with Crippen LogP contribution in [0.3, 0.4) is 0 Å². The molecule has 0 saturated carbocycles. The zero-order chi connectivity index (χ0) is 18.9. The molecule has 0 aliphatic carbocycles. The number of allylic oxidation sites excluding steroid dienone is 4. The number of hydrogen-bond acceptors (Lipinski definition) is 5. The Morgan fingerprint density at radius 2 is 1.35 bits per heavy atom. The average Bonchev–Trinajstić information content (AvgIpc) is 2.65. The number of hydrogen-bond donors (Lipinski definition) is 2. The molecule has 0 aliphatic rings. The van der Waals surface area contributed by atoms with E-state index in [4.69, 9.17) is 9.47 Å². The Labute approximate surface area is 152 Å². The number of rotatable bonds is 7. The molecule has 2 aromatic rings. The molecule has 0 heterocycles. The molecule has 5 heteroatoms. The maximum absolute atomic E-state index is 11.9. The standard InChI is InChI=1S/C21H20O5/c1-25-20-13-15(8-11-18(20)23)5-3-4-6-17(22)10-7-16-9-12-19(24)21(14-16)26-2/h3-14,23-24H,1-2H3/b5-3+,6-4+,10-7+. The maximum Gasteiger partial charge on any atom is 0.178 e. The summed E-state index contributed by atoms with van der Waals surface area (Å²) in [4.78, 5) is 11.9. The van der Waals surface area contributed by atoms with Crippen LogP contribution in [-0.2, 0) is 4.79 Å². The van der Waals surface area contributed by atoms with Crippen molar-refractivity contribution in [1.29, 1.82) is 0 Å². The lowest BCUT2D eigenvalue weighted by Gasteiger charge is -2.03. The van der Waals surface area contributed by atoms with Gasteiger partial charge in [0.05, 0.1) is 14.2 Å². The lowest BCUT2D eigenvalue weighted by Crippen LogP contribution is -1.86. The topological polar surface area (TPSA) is 76.0 Å². The highest BCUT2D eigenvalue weighted by Crippen LogP contribution is 2.27. The third kappa shape index (κ3) is 5.27. The second kappa shape index (κ2) is 9.13. The van der Waals surface area contributed by atoms with Crippen molar-refractivity contribution >= 4 is 17.9 Å². The molecule has 2 N–H and O–H groups in total. The Kier molecular flexibility index (Phi) is 6.62. The number of methoxy groups -OCH3 is 2. The number of ketones is 1. The van der Waals surface area contributed by atoms with Crippen molar-refractivity contribution in [3.05, 3.63) is 71.8 Å². The summed E-state index contributed by atoms with van der Waals surface area (Å²) in [5.41, 5.74) is 1.58. The van der Waals surface area contributed by atoms with E-state index in [1.165, 1.54) is 32.4 Å². The van der Waals surface area contributed by atoms with Gasteiger partial charge in [0.2, 0.25) is 0 Å². The molecule has 5 nitrogen and oxygen atoms in total. The normalized spacial score (nSPS) is 11.5. The highest BCUT2D eigenvalue weighted by atomic mass is 16.5. The number of phenolic OH excluding ortho intramolecular Hbond substituents is 2. The number of benzene rings is 2. The predicted molar refractivity (Wildman–Crippen MR) is 102 cm³/mol. The van der Waals surface area contributed by atoms with Crippen LogP contribution in [0.15, 0.2) is 60.7 Å². The van der Waals surface area contributed by atoms with E-state index in [9.17, 15) is 15.0 Å². The predicted octanol–water partition coefficient (Wildman–Crippen LogP) is 3.97. The van der Waals surface area contributed by atoms with Gasteiger partial charge in [-0.05, 0) is 47.5 Å². The molecule has 26 heavy (non-hydrogen) atoms. The van der Waals surface area contributed by atoms with Crippen LogP contribution >= 0.6 is 0 Å². The second-order valence-corrected chi connectivity index (χ2v) is 5.32. The van der Waals surface area contributed by atoms with Gasteiger partial charge in [0, 0.05) is 0 Å². The van der Waals surface area contributed by atoms with Gasteiger partial charge in [-0.3, -0.25) is 4.79 Å². The minimum absolute atomic E-state index is 0.0480. The zero-order valence-electron chi connectivity index (χ0n) is 14.5. The molecule has 0 aromatic heterocycles. The van der Waals surface area contributed by atoms with Crippen LogP contribution in [0, 0.1) is 0 Å². The van der Waals surface area contributed by atoms with Gasteiger partial charge in [0.1, 0.15) is 0 Å². The number of phenols is 2. The first-order valence-electron chi connectivity index (χ1n) is 7.84. The van der Waals surface area contributed by atoms with Crippen LogP contribution in [0.4, 0.5) is 0 Å². The summed E-state index contributed by atoms with van der Waals surface area (Å²) in [6.07, 6.45) is 9.65. The molecular weight excluding hydrogens is 332 g/mol. The van der Waals surface area contributed by atoms with Gasteiger partial charge in [0.15, 0.2) is 28.8 Å². The van der Waals surface area contributed by atoms with Crippen LogP contribution < -0.4 is 9.47 Å². The van der Waals surface area contributed by atoms with Gasteiger partial charge >= 0.3 is 0 Å². The maximum atomic E-state index is 11.9. The Balaban J connectivity index is 1.97. The third-order valence-electron chi connectivity index (χ3n) is 3.51. The Hall–Kier alpha value is -3.47. The highest BCUT2D eigenvalue weighted by Gasteiger charge is 2.01. The van der Waals surface area contributed by atoms with E-state index < -0.39 is 0 Å². The van der Waals surface area contributed by atoms with Crippen LogP contribution in [0.2, 0.25) is 0 Å². The number of aromatic hydroxyl groups is 2. The van der Waals surface area contributed by atoms with Crippen molar-refractivity contribution in [3.8, 4) is 23.0 Å². The molecule has 2 aromatic carbocycles. The molecule has 0 aliphatic heterocycles. The van der Waals surface area contributed by atoms with Gasteiger partial charge in [0.25, 0.3) is 0 Å². The van der Waals surface area contributed by atoms with Gasteiger partial charge in [-0.25, -0.2) is 0 Å². The summed E-state index contributed by atoms with van der Waals surface area (Å²) in [7, 11) is 2.95. The first-order chi connectivity index (χ1) is 12.5. The number of carbonyl (C=O) groups is 1. The molecule has 0 spiro atoms. The quantitative estimate of drug-likeness (QED) is 0.582. The first kappa shape index (κ1) is 18.9. The monoisotopic (exact) mass is 352 g/mol. The molecule has 0 bridgehead atoms. The van der Waals surface area contributed by atoms with Crippen molar-refractivity contribution in [3.63, 3.8) is 0 Å². The van der Waals surface area contributed by atoms with Gasteiger partial charge in [-0.1, -0.05) is 36.4 Å². The van der Waals surface area contributed by atoms with E-state index in [2.05, 4.69) is 0 Å². The minimum Gasteiger partial charge on any atom is -0.504 e. The summed E-state index contributed by atoms with van der Waals surface area (Å²) in [5, 5.41) is 19.1. The van der Waals surface area contributed by atoms with Gasteiger partial charge in [-0.2, -0.15) is 0 Å². The Morgan fingerprint density at radius 1 is 0.808 bits per heavy atom. The van der Waals surface area contributed by atoms with Crippen molar-refractivity contribution in [2.24, 2.45) is 0 Å².